The van der Waals surface area contributed by atoms with Gasteiger partial charge in [-0.15, -0.1) is 0 Å². The van der Waals surface area contributed by atoms with Crippen molar-refractivity contribution in [2.75, 3.05) is 0 Å². The summed E-state index contributed by atoms with van der Waals surface area (Å²) in [5, 5.41) is 0. The number of hydrogen-bond acceptors (Lipinski definition) is 3. The van der Waals surface area contributed by atoms with Gasteiger partial charge in [-0.3, -0.25) is 9.59 Å². The summed E-state index contributed by atoms with van der Waals surface area (Å²) in [5.74, 6) is 0. The van der Waals surface area contributed by atoms with Gasteiger partial charge in [-0.1, -0.05) is 93.8 Å². The maximum Gasteiger partial charge on any atom is 0.216 e. The minimum atomic E-state index is -3.86. The number of carbonyl (C=O) groups is 2. The van der Waals surface area contributed by atoms with Gasteiger partial charge >= 0.3 is 0 Å². The van der Waals surface area contributed by atoms with Crippen LogP contribution in [-0.2, 0) is 25.0 Å². The van der Waals surface area contributed by atoms with Crippen LogP contribution in [0.5, 0.6) is 0 Å². The molecular formula is C28H37O3P. The molecule has 0 bridgehead atoms. The van der Waals surface area contributed by atoms with Gasteiger partial charge in [0.2, 0.25) is 18.2 Å². The van der Waals surface area contributed by atoms with Crippen LogP contribution in [0.25, 0.3) is 0 Å². The lowest BCUT2D eigenvalue weighted by molar-refractivity contribution is -0.120. The van der Waals surface area contributed by atoms with Crippen molar-refractivity contribution in [2.45, 2.75) is 89.1 Å². The third kappa shape index (κ3) is 4.17. The maximum atomic E-state index is 15.0. The summed E-state index contributed by atoms with van der Waals surface area (Å²) in [4.78, 5) is 28.7. The van der Waals surface area contributed by atoms with Gasteiger partial charge in [-0.05, 0) is 50.7 Å². The van der Waals surface area contributed by atoms with Crippen molar-refractivity contribution in [3.63, 3.8) is 0 Å². The van der Waals surface area contributed by atoms with Gasteiger partial charge < -0.3 is 4.57 Å². The van der Waals surface area contributed by atoms with Gasteiger partial charge in [0.1, 0.15) is 0 Å². The molecule has 0 amide bonds. The first-order valence-corrected chi connectivity index (χ1v) is 13.8. The molecule has 1 saturated carbocycles. The molecule has 172 valence electrons. The predicted molar refractivity (Wildman–Crippen MR) is 133 cm³/mol. The Balaban J connectivity index is 2.18. The minimum absolute atomic E-state index is 0.341. The zero-order valence-corrected chi connectivity index (χ0v) is 20.9. The van der Waals surface area contributed by atoms with E-state index >= 15 is 4.57 Å². The van der Waals surface area contributed by atoms with Gasteiger partial charge in [0, 0.05) is 5.66 Å². The second-order valence-electron chi connectivity index (χ2n) is 9.66. The fourth-order valence-corrected chi connectivity index (χ4v) is 9.15. The third-order valence-corrected chi connectivity index (χ3v) is 11.6. The molecule has 3 nitrogen and oxygen atoms in total. The summed E-state index contributed by atoms with van der Waals surface area (Å²) in [6.07, 6.45) is 5.33. The summed E-state index contributed by atoms with van der Waals surface area (Å²) in [6, 6.07) is 19.2. The number of hydrogen-bond donors (Lipinski definition) is 0. The molecule has 32 heavy (non-hydrogen) atoms. The highest BCUT2D eigenvalue weighted by molar-refractivity contribution is 7.95. The summed E-state index contributed by atoms with van der Waals surface area (Å²) in [6.45, 7) is 7.66. The highest BCUT2D eigenvalue weighted by Gasteiger charge is 2.57. The monoisotopic (exact) mass is 452 g/mol. The molecule has 0 N–H and O–H groups in total. The molecule has 0 aromatic heterocycles. The minimum Gasteiger partial charge on any atom is -0.307 e. The first-order chi connectivity index (χ1) is 15.2. The maximum absolute atomic E-state index is 15.0. The SMILES string of the molecule is CCC(C)(C(=O)P(=O)(C(=O)C(C)(CC)c1ccccc1)C1CCCCC1)c1ccccc1. The molecule has 4 heteroatoms. The second-order valence-corrected chi connectivity index (χ2v) is 12.5. The molecule has 2 aromatic carbocycles. The van der Waals surface area contributed by atoms with Gasteiger partial charge in [-0.2, -0.15) is 0 Å². The van der Waals surface area contributed by atoms with Crippen molar-refractivity contribution >= 4 is 18.2 Å². The van der Waals surface area contributed by atoms with E-state index in [0.29, 0.717) is 25.7 Å². The van der Waals surface area contributed by atoms with E-state index in [4.69, 9.17) is 0 Å². The molecule has 0 heterocycles. The van der Waals surface area contributed by atoms with Crippen molar-refractivity contribution < 1.29 is 14.2 Å². The Labute approximate surface area is 193 Å². The Hall–Kier alpha value is -1.99. The lowest BCUT2D eigenvalue weighted by atomic mass is 9.81. The zero-order valence-electron chi connectivity index (χ0n) is 20.0. The summed E-state index contributed by atoms with van der Waals surface area (Å²) in [5.41, 5.74) is -1.24. The van der Waals surface area contributed by atoms with E-state index in [1.165, 1.54) is 0 Å². The van der Waals surface area contributed by atoms with Crippen LogP contribution in [0.3, 0.4) is 0 Å². The standard InChI is InChI=1S/C28H37O3P/c1-5-27(3,22-16-10-7-11-17-22)25(29)32(31,24-20-14-9-15-21-24)26(30)28(4,6-2)23-18-12-8-13-19-23/h7-8,10-13,16-19,24H,5-6,9,14-15,20-21H2,1-4H3. The average Bonchev–Trinajstić information content (AvgIpc) is 2.87. The summed E-state index contributed by atoms with van der Waals surface area (Å²) < 4.78 is 15.0. The van der Waals surface area contributed by atoms with Crippen LogP contribution >= 0.6 is 7.14 Å². The van der Waals surface area contributed by atoms with Gasteiger partial charge in [0.25, 0.3) is 0 Å². The van der Waals surface area contributed by atoms with Crippen LogP contribution in [0.4, 0.5) is 0 Å². The van der Waals surface area contributed by atoms with Crippen LogP contribution in [-0.4, -0.2) is 16.7 Å². The van der Waals surface area contributed by atoms with Crippen molar-refractivity contribution in [3.05, 3.63) is 71.8 Å². The molecule has 3 rings (SSSR count). The van der Waals surface area contributed by atoms with Crippen molar-refractivity contribution in [2.24, 2.45) is 0 Å². The molecule has 0 aliphatic heterocycles. The van der Waals surface area contributed by atoms with E-state index in [9.17, 15) is 9.59 Å². The normalized spacial score (nSPS) is 20.5. The van der Waals surface area contributed by atoms with E-state index in [1.54, 1.807) is 0 Å². The van der Waals surface area contributed by atoms with E-state index in [2.05, 4.69) is 0 Å². The molecular weight excluding hydrogens is 415 g/mol. The Morgan fingerprint density at radius 1 is 0.750 bits per heavy atom. The van der Waals surface area contributed by atoms with Crippen LogP contribution < -0.4 is 0 Å². The fourth-order valence-electron chi connectivity index (χ4n) is 5.17. The number of rotatable bonds is 9. The lowest BCUT2D eigenvalue weighted by Crippen LogP contribution is -2.42. The molecule has 1 aliphatic rings. The molecule has 0 saturated heterocycles. The molecule has 1 fully saturated rings. The van der Waals surface area contributed by atoms with E-state index in [-0.39, 0.29) is 16.7 Å². The molecule has 1 aliphatic carbocycles. The molecule has 0 spiro atoms. The quantitative estimate of drug-likeness (QED) is 0.371. The fraction of sp³-hybridized carbons (Fsp3) is 0.500. The van der Waals surface area contributed by atoms with Crippen molar-refractivity contribution in [3.8, 4) is 0 Å². The van der Waals surface area contributed by atoms with Crippen LogP contribution in [0.1, 0.15) is 83.8 Å². The van der Waals surface area contributed by atoms with E-state index in [1.807, 2.05) is 88.4 Å². The second kappa shape index (κ2) is 9.87. The van der Waals surface area contributed by atoms with Crippen LogP contribution in [0, 0.1) is 0 Å². The first kappa shape index (κ1) is 24.6. The lowest BCUT2D eigenvalue weighted by Gasteiger charge is -2.40. The van der Waals surface area contributed by atoms with Crippen LogP contribution in [0.15, 0.2) is 60.7 Å². The summed E-state index contributed by atoms with van der Waals surface area (Å²) in [7, 11) is -3.86. The van der Waals surface area contributed by atoms with Gasteiger partial charge in [0.15, 0.2) is 0 Å². The van der Waals surface area contributed by atoms with Gasteiger partial charge in [0.05, 0.1) is 10.8 Å². The van der Waals surface area contributed by atoms with E-state index in [0.717, 1.165) is 30.4 Å². The highest BCUT2D eigenvalue weighted by Crippen LogP contribution is 2.64. The summed E-state index contributed by atoms with van der Waals surface area (Å²) >= 11 is 0. The predicted octanol–water partition coefficient (Wildman–Crippen LogP) is 7.47. The van der Waals surface area contributed by atoms with Crippen molar-refractivity contribution in [1.29, 1.82) is 0 Å². The molecule has 2 aromatic rings. The number of benzene rings is 2. The van der Waals surface area contributed by atoms with Crippen LogP contribution in [0.2, 0.25) is 0 Å². The third-order valence-electron chi connectivity index (χ3n) is 7.87. The highest BCUT2D eigenvalue weighted by atomic mass is 31.2. The Kier molecular flexibility index (Phi) is 7.61. The Bertz CT molecular complexity index is 909. The largest absolute Gasteiger partial charge is 0.307 e. The molecule has 0 radical (unpaired) electrons. The smallest absolute Gasteiger partial charge is 0.216 e. The number of carbonyl (C=O) groups excluding carboxylic acids is 2. The first-order valence-electron chi connectivity index (χ1n) is 12.1. The van der Waals surface area contributed by atoms with Gasteiger partial charge in [-0.25, -0.2) is 0 Å². The Morgan fingerprint density at radius 3 is 1.47 bits per heavy atom. The molecule has 2 unspecified atom stereocenters. The Morgan fingerprint density at radius 2 is 1.12 bits per heavy atom. The molecule has 2 atom stereocenters. The van der Waals surface area contributed by atoms with Crippen molar-refractivity contribution in [1.82, 2.24) is 0 Å². The van der Waals surface area contributed by atoms with E-state index < -0.39 is 18.0 Å². The zero-order chi connectivity index (χ0) is 23.4. The average molecular weight is 453 g/mol. The topological polar surface area (TPSA) is 51.2 Å².